The van der Waals surface area contributed by atoms with Crippen LogP contribution in [0, 0.1) is 18.8 Å². The summed E-state index contributed by atoms with van der Waals surface area (Å²) in [4.78, 5) is 0. The van der Waals surface area contributed by atoms with E-state index in [4.69, 9.17) is 11.6 Å². The maximum absolute atomic E-state index is 10.7. The SMILES string of the molecule is Cc1ccc(C2(O)C3CCCCC32)cc1Cl. The van der Waals surface area contributed by atoms with Gasteiger partial charge in [-0.05, 0) is 48.8 Å². The second-order valence-corrected chi connectivity index (χ2v) is 5.69. The largest absolute Gasteiger partial charge is 0.385 e. The molecule has 2 aliphatic rings. The van der Waals surface area contributed by atoms with Gasteiger partial charge < -0.3 is 5.11 Å². The highest BCUT2D eigenvalue weighted by molar-refractivity contribution is 6.31. The number of hydrogen-bond acceptors (Lipinski definition) is 1. The average Bonchev–Trinajstić information content (AvgIpc) is 2.91. The third-order valence-corrected chi connectivity index (χ3v) is 4.83. The maximum atomic E-state index is 10.7. The van der Waals surface area contributed by atoms with Crippen molar-refractivity contribution < 1.29 is 5.11 Å². The average molecular weight is 237 g/mol. The quantitative estimate of drug-likeness (QED) is 0.789. The van der Waals surface area contributed by atoms with Crippen molar-refractivity contribution in [1.29, 1.82) is 0 Å². The standard InChI is InChI=1S/C14H17ClO/c1-9-6-7-10(8-13(9)15)14(16)11-4-2-3-5-12(11)14/h6-8,11-12,16H,2-5H2,1H3. The predicted molar refractivity (Wildman–Crippen MR) is 65.5 cm³/mol. The van der Waals surface area contributed by atoms with E-state index in [9.17, 15) is 5.11 Å². The lowest BCUT2D eigenvalue weighted by atomic mass is 10.0. The van der Waals surface area contributed by atoms with Gasteiger partial charge in [-0.1, -0.05) is 36.6 Å². The Morgan fingerprint density at radius 1 is 1.25 bits per heavy atom. The van der Waals surface area contributed by atoms with Crippen LogP contribution in [-0.4, -0.2) is 5.11 Å². The Labute approximate surface area is 101 Å². The first-order valence-corrected chi connectivity index (χ1v) is 6.51. The van der Waals surface area contributed by atoms with Gasteiger partial charge in [-0.3, -0.25) is 0 Å². The number of halogens is 1. The van der Waals surface area contributed by atoms with E-state index >= 15 is 0 Å². The van der Waals surface area contributed by atoms with Crippen LogP contribution in [0.3, 0.4) is 0 Å². The van der Waals surface area contributed by atoms with Crippen LogP contribution in [0.2, 0.25) is 5.02 Å². The summed E-state index contributed by atoms with van der Waals surface area (Å²) in [6.07, 6.45) is 4.88. The Morgan fingerprint density at radius 3 is 2.44 bits per heavy atom. The molecule has 0 amide bonds. The first-order valence-electron chi connectivity index (χ1n) is 6.13. The molecule has 0 saturated heterocycles. The van der Waals surface area contributed by atoms with Gasteiger partial charge in [0.05, 0.1) is 5.60 Å². The highest BCUT2D eigenvalue weighted by Crippen LogP contribution is 2.64. The van der Waals surface area contributed by atoms with Gasteiger partial charge in [-0.2, -0.15) is 0 Å². The molecule has 2 heteroatoms. The van der Waals surface area contributed by atoms with Crippen LogP contribution >= 0.6 is 11.6 Å². The molecule has 3 rings (SSSR count). The molecule has 16 heavy (non-hydrogen) atoms. The Hall–Kier alpha value is -0.530. The van der Waals surface area contributed by atoms with Gasteiger partial charge in [0.15, 0.2) is 0 Å². The number of benzene rings is 1. The Morgan fingerprint density at radius 2 is 1.88 bits per heavy atom. The van der Waals surface area contributed by atoms with Crippen LogP contribution in [0.5, 0.6) is 0 Å². The molecule has 2 fully saturated rings. The number of fused-ring (bicyclic) bond motifs is 1. The van der Waals surface area contributed by atoms with E-state index < -0.39 is 5.60 Å². The molecule has 1 nitrogen and oxygen atoms in total. The molecule has 2 saturated carbocycles. The molecule has 2 aliphatic carbocycles. The summed E-state index contributed by atoms with van der Waals surface area (Å²) < 4.78 is 0. The van der Waals surface area contributed by atoms with Crippen molar-refractivity contribution in [3.05, 3.63) is 34.3 Å². The van der Waals surface area contributed by atoms with E-state index in [0.29, 0.717) is 11.8 Å². The molecule has 2 unspecified atom stereocenters. The van der Waals surface area contributed by atoms with E-state index in [0.717, 1.165) is 16.1 Å². The van der Waals surface area contributed by atoms with Gasteiger partial charge in [0.2, 0.25) is 0 Å². The molecule has 1 N–H and O–H groups in total. The molecule has 0 aromatic heterocycles. The van der Waals surface area contributed by atoms with Gasteiger partial charge in [0.1, 0.15) is 0 Å². The molecule has 0 radical (unpaired) electrons. The van der Waals surface area contributed by atoms with Crippen LogP contribution in [0.25, 0.3) is 0 Å². The lowest BCUT2D eigenvalue weighted by Crippen LogP contribution is -2.10. The minimum atomic E-state index is -0.562. The van der Waals surface area contributed by atoms with Gasteiger partial charge >= 0.3 is 0 Å². The zero-order valence-electron chi connectivity index (χ0n) is 9.54. The van der Waals surface area contributed by atoms with Crippen molar-refractivity contribution in [3.63, 3.8) is 0 Å². The highest BCUT2D eigenvalue weighted by atomic mass is 35.5. The van der Waals surface area contributed by atoms with Crippen molar-refractivity contribution in [2.24, 2.45) is 11.8 Å². The minimum Gasteiger partial charge on any atom is -0.385 e. The first kappa shape index (κ1) is 10.6. The Bertz CT molecular complexity index is 415. The number of aryl methyl sites for hydroxylation is 1. The van der Waals surface area contributed by atoms with Gasteiger partial charge in [-0.15, -0.1) is 0 Å². The normalized spacial score (nSPS) is 36.9. The predicted octanol–water partition coefficient (Wildman–Crippen LogP) is 3.66. The van der Waals surface area contributed by atoms with Crippen molar-refractivity contribution >= 4 is 11.6 Å². The molecular formula is C14H17ClO. The minimum absolute atomic E-state index is 0.486. The molecule has 1 aromatic rings. The second kappa shape index (κ2) is 3.48. The van der Waals surface area contributed by atoms with Gasteiger partial charge in [0, 0.05) is 5.02 Å². The van der Waals surface area contributed by atoms with Gasteiger partial charge in [-0.25, -0.2) is 0 Å². The number of aliphatic hydroxyl groups is 1. The monoisotopic (exact) mass is 236 g/mol. The Balaban J connectivity index is 1.95. The lowest BCUT2D eigenvalue weighted by Gasteiger charge is -2.12. The fourth-order valence-electron chi connectivity index (χ4n) is 3.36. The van der Waals surface area contributed by atoms with Crippen molar-refractivity contribution in [2.75, 3.05) is 0 Å². The van der Waals surface area contributed by atoms with E-state index in [-0.39, 0.29) is 0 Å². The first-order chi connectivity index (χ1) is 7.64. The lowest BCUT2D eigenvalue weighted by molar-refractivity contribution is 0.118. The zero-order valence-corrected chi connectivity index (χ0v) is 10.3. The molecule has 0 bridgehead atoms. The molecule has 2 atom stereocenters. The molecule has 0 heterocycles. The maximum Gasteiger partial charge on any atom is 0.0960 e. The highest BCUT2D eigenvalue weighted by Gasteiger charge is 2.64. The third-order valence-electron chi connectivity index (χ3n) is 4.42. The van der Waals surface area contributed by atoms with E-state index in [2.05, 4.69) is 0 Å². The topological polar surface area (TPSA) is 20.2 Å². The fourth-order valence-corrected chi connectivity index (χ4v) is 3.54. The van der Waals surface area contributed by atoms with E-state index in [1.807, 2.05) is 25.1 Å². The molecule has 86 valence electrons. The summed E-state index contributed by atoms with van der Waals surface area (Å²) >= 11 is 6.13. The van der Waals surface area contributed by atoms with Crippen LogP contribution in [0.15, 0.2) is 18.2 Å². The van der Waals surface area contributed by atoms with E-state index in [1.54, 1.807) is 0 Å². The molecule has 0 spiro atoms. The summed E-state index contributed by atoms with van der Waals surface area (Å²) in [7, 11) is 0. The summed E-state index contributed by atoms with van der Waals surface area (Å²) in [5.74, 6) is 0.972. The van der Waals surface area contributed by atoms with Crippen molar-refractivity contribution in [2.45, 2.75) is 38.2 Å². The summed E-state index contributed by atoms with van der Waals surface area (Å²) in [5, 5.41) is 11.5. The van der Waals surface area contributed by atoms with Gasteiger partial charge in [0.25, 0.3) is 0 Å². The van der Waals surface area contributed by atoms with Crippen LogP contribution < -0.4 is 0 Å². The smallest absolute Gasteiger partial charge is 0.0960 e. The summed E-state index contributed by atoms with van der Waals surface area (Å²) in [5.41, 5.74) is 1.55. The van der Waals surface area contributed by atoms with Crippen LogP contribution in [0.1, 0.15) is 36.8 Å². The van der Waals surface area contributed by atoms with Crippen LogP contribution in [-0.2, 0) is 5.60 Å². The zero-order chi connectivity index (χ0) is 11.3. The molecular weight excluding hydrogens is 220 g/mol. The van der Waals surface area contributed by atoms with E-state index in [1.165, 1.54) is 25.7 Å². The van der Waals surface area contributed by atoms with Crippen molar-refractivity contribution in [1.82, 2.24) is 0 Å². The van der Waals surface area contributed by atoms with Crippen LogP contribution in [0.4, 0.5) is 0 Å². The molecule has 1 aromatic carbocycles. The Kier molecular flexibility index (Phi) is 2.31. The number of rotatable bonds is 1. The third kappa shape index (κ3) is 1.34. The second-order valence-electron chi connectivity index (χ2n) is 5.29. The summed E-state index contributed by atoms with van der Waals surface area (Å²) in [6.45, 7) is 2.00. The summed E-state index contributed by atoms with van der Waals surface area (Å²) in [6, 6.07) is 6.01. The fraction of sp³-hybridized carbons (Fsp3) is 0.571. The molecule has 0 aliphatic heterocycles. The van der Waals surface area contributed by atoms with Crippen molar-refractivity contribution in [3.8, 4) is 0 Å². The number of hydrogen-bond donors (Lipinski definition) is 1.